The molecule has 0 N–H and O–H groups in total. The highest BCUT2D eigenvalue weighted by Crippen LogP contribution is 2.64. The van der Waals surface area contributed by atoms with E-state index < -0.39 is 5.41 Å². The van der Waals surface area contributed by atoms with Gasteiger partial charge in [-0.1, -0.05) is 165 Å². The van der Waals surface area contributed by atoms with E-state index in [4.69, 9.17) is 0 Å². The zero-order chi connectivity index (χ0) is 45.9. The summed E-state index contributed by atoms with van der Waals surface area (Å²) in [7, 11) is 0. The maximum Gasteiger partial charge on any atom is 0.264 e. The lowest BCUT2D eigenvalue weighted by atomic mass is 9.36. The minimum atomic E-state index is -0.458. The fourth-order valence-electron chi connectivity index (χ4n) is 12.3. The van der Waals surface area contributed by atoms with Crippen LogP contribution in [0, 0.1) is 6.92 Å². The van der Waals surface area contributed by atoms with Crippen LogP contribution in [0.5, 0.6) is 0 Å². The van der Waals surface area contributed by atoms with Gasteiger partial charge in [0, 0.05) is 43.3 Å². The van der Waals surface area contributed by atoms with E-state index >= 15 is 0 Å². The molecule has 0 bridgehead atoms. The quantitative estimate of drug-likeness (QED) is 0.163. The van der Waals surface area contributed by atoms with Crippen molar-refractivity contribution < 1.29 is 0 Å². The molecular formula is C63H55BN2S. The molecule has 3 heterocycles. The maximum atomic E-state index is 2.65. The summed E-state index contributed by atoms with van der Waals surface area (Å²) >= 11 is 2.00. The van der Waals surface area contributed by atoms with Crippen molar-refractivity contribution in [2.24, 2.45) is 0 Å². The normalized spacial score (nSPS) is 14.8. The van der Waals surface area contributed by atoms with Gasteiger partial charge < -0.3 is 9.80 Å². The van der Waals surface area contributed by atoms with Crippen LogP contribution in [0.25, 0.3) is 32.3 Å². The zero-order valence-corrected chi connectivity index (χ0v) is 40.9. The second-order valence-corrected chi connectivity index (χ2v) is 23.1. The lowest BCUT2D eigenvalue weighted by Crippen LogP contribution is -2.60. The van der Waals surface area contributed by atoms with Crippen molar-refractivity contribution in [3.8, 4) is 22.3 Å². The van der Waals surface area contributed by atoms with Crippen LogP contribution in [0.1, 0.15) is 106 Å². The van der Waals surface area contributed by atoms with Crippen molar-refractivity contribution in [2.45, 2.75) is 84.5 Å². The van der Waals surface area contributed by atoms with Crippen LogP contribution in [0.15, 0.2) is 164 Å². The monoisotopic (exact) mass is 882 g/mol. The standard InChI is InChI=1S/C63H55BN2S/c1-37(2)39-22-27-42(28-23-39)65-54-21-15-14-20-53(54)64-58-55(65)32-38(3)33-56(58)66(43-29-24-40(25-30-43)61(4,5)6)59-48-35-52-47(36-57(48)67-60(59)64)46-31-26-41(62(7,8)9)34-51(46)63(52)49-18-12-10-16-44(49)45-17-11-13-19-50(45)63/h10-37H,1-9H3. The summed E-state index contributed by atoms with van der Waals surface area (Å²) < 4.78 is 2.74. The Balaban J connectivity index is 1.13. The van der Waals surface area contributed by atoms with Gasteiger partial charge in [-0.3, -0.25) is 0 Å². The van der Waals surface area contributed by atoms with Crippen molar-refractivity contribution in [3.05, 3.63) is 208 Å². The van der Waals surface area contributed by atoms with E-state index in [-0.39, 0.29) is 17.5 Å². The third-order valence-electron chi connectivity index (χ3n) is 15.6. The Morgan fingerprint density at radius 2 is 1.06 bits per heavy atom. The molecule has 9 aromatic rings. The summed E-state index contributed by atoms with van der Waals surface area (Å²) in [5.41, 5.74) is 26.0. The first-order valence-electron chi connectivity index (χ1n) is 24.2. The Morgan fingerprint density at radius 3 is 1.72 bits per heavy atom. The molecule has 1 aromatic heterocycles. The first kappa shape index (κ1) is 40.6. The minimum Gasteiger partial charge on any atom is -0.311 e. The molecular weight excluding hydrogens is 828 g/mol. The largest absolute Gasteiger partial charge is 0.311 e. The van der Waals surface area contributed by atoms with E-state index in [0.717, 1.165) is 0 Å². The fourth-order valence-corrected chi connectivity index (χ4v) is 13.7. The van der Waals surface area contributed by atoms with E-state index in [1.807, 2.05) is 11.3 Å². The molecule has 67 heavy (non-hydrogen) atoms. The molecule has 0 fully saturated rings. The Hall–Kier alpha value is -6.62. The van der Waals surface area contributed by atoms with E-state index in [9.17, 15) is 0 Å². The number of benzene rings is 8. The number of rotatable bonds is 3. The van der Waals surface area contributed by atoms with Crippen LogP contribution in [0.3, 0.4) is 0 Å². The van der Waals surface area contributed by atoms with Gasteiger partial charge in [-0.25, -0.2) is 0 Å². The Morgan fingerprint density at radius 1 is 0.507 bits per heavy atom. The highest BCUT2D eigenvalue weighted by molar-refractivity contribution is 7.33. The zero-order valence-electron chi connectivity index (χ0n) is 40.0. The van der Waals surface area contributed by atoms with Crippen LogP contribution < -0.4 is 25.5 Å². The number of nitrogens with zero attached hydrogens (tertiary/aromatic N) is 2. The highest BCUT2D eigenvalue weighted by Gasteiger charge is 2.53. The molecule has 0 saturated carbocycles. The molecule has 2 nitrogen and oxygen atoms in total. The van der Waals surface area contributed by atoms with Gasteiger partial charge in [0.25, 0.3) is 6.71 Å². The molecule has 8 aromatic carbocycles. The lowest BCUT2D eigenvalue weighted by Gasteiger charge is -2.43. The lowest BCUT2D eigenvalue weighted by molar-refractivity contribution is 0.588. The van der Waals surface area contributed by atoms with Crippen LogP contribution in [-0.2, 0) is 16.2 Å². The second kappa shape index (κ2) is 14.0. The van der Waals surface area contributed by atoms with Crippen LogP contribution >= 0.6 is 11.3 Å². The average Bonchev–Trinajstić information content (AvgIpc) is 3.93. The third-order valence-corrected chi connectivity index (χ3v) is 16.8. The van der Waals surface area contributed by atoms with Gasteiger partial charge in [0.05, 0.1) is 11.1 Å². The molecule has 1 spiro atoms. The Labute approximate surface area is 400 Å². The SMILES string of the molecule is Cc1cc2c3c(c1)N(c1ccc(C(C)(C)C)cc1)c1c(sc4cc5c(cc14)C1(c4ccccc4-c4ccccc41)c1cc(C(C)(C)C)ccc1-5)B3c1ccccc1N2c1ccc(C(C)C)cc1. The average molecular weight is 883 g/mol. The molecule has 4 heteroatoms. The molecule has 2 aliphatic heterocycles. The predicted octanol–water partition coefficient (Wildman–Crippen LogP) is 15.4. The topological polar surface area (TPSA) is 6.48 Å². The summed E-state index contributed by atoms with van der Waals surface area (Å²) in [6, 6.07) is 64.0. The van der Waals surface area contributed by atoms with Crippen LogP contribution in [0.2, 0.25) is 0 Å². The summed E-state index contributed by atoms with van der Waals surface area (Å²) in [4.78, 5) is 5.18. The van der Waals surface area contributed by atoms with Crippen LogP contribution in [0.4, 0.5) is 34.1 Å². The predicted molar refractivity (Wildman–Crippen MR) is 288 cm³/mol. The Bertz CT molecular complexity index is 3500. The van der Waals surface area contributed by atoms with E-state index in [1.54, 1.807) is 0 Å². The van der Waals surface area contributed by atoms with Crippen molar-refractivity contribution in [1.29, 1.82) is 0 Å². The Kier molecular flexibility index (Phi) is 8.47. The van der Waals surface area contributed by atoms with Gasteiger partial charge in [-0.05, 0) is 156 Å². The molecule has 2 aliphatic carbocycles. The molecule has 13 rings (SSSR count). The highest BCUT2D eigenvalue weighted by atomic mass is 32.1. The van der Waals surface area contributed by atoms with Gasteiger partial charge in [0.2, 0.25) is 0 Å². The van der Waals surface area contributed by atoms with Gasteiger partial charge in [0.15, 0.2) is 0 Å². The van der Waals surface area contributed by atoms with Gasteiger partial charge >= 0.3 is 0 Å². The number of aryl methyl sites for hydroxylation is 1. The first-order chi connectivity index (χ1) is 32.2. The van der Waals surface area contributed by atoms with E-state index in [0.29, 0.717) is 5.92 Å². The van der Waals surface area contributed by atoms with Gasteiger partial charge in [0.1, 0.15) is 0 Å². The molecule has 0 radical (unpaired) electrons. The number of thiophene rings is 1. The van der Waals surface area contributed by atoms with Crippen LogP contribution in [-0.4, -0.2) is 6.71 Å². The summed E-state index contributed by atoms with van der Waals surface area (Å²) in [5, 5.41) is 1.32. The fraction of sp³-hybridized carbons (Fsp3) is 0.206. The van der Waals surface area contributed by atoms with E-state index in [1.165, 1.54) is 127 Å². The number of anilines is 6. The summed E-state index contributed by atoms with van der Waals surface area (Å²) in [5.74, 6) is 0.465. The summed E-state index contributed by atoms with van der Waals surface area (Å²) in [6.07, 6.45) is 0. The van der Waals surface area contributed by atoms with E-state index in [2.05, 4.69) is 236 Å². The van der Waals surface area contributed by atoms with Crippen molar-refractivity contribution >= 4 is 78.0 Å². The smallest absolute Gasteiger partial charge is 0.264 e. The molecule has 0 atom stereocenters. The molecule has 0 unspecified atom stereocenters. The van der Waals surface area contributed by atoms with Crippen molar-refractivity contribution in [2.75, 3.05) is 9.80 Å². The maximum absolute atomic E-state index is 2.65. The second-order valence-electron chi connectivity index (χ2n) is 22.0. The van der Waals surface area contributed by atoms with Gasteiger partial charge in [-0.15, -0.1) is 11.3 Å². The molecule has 0 saturated heterocycles. The third kappa shape index (κ3) is 5.57. The number of hydrogen-bond acceptors (Lipinski definition) is 3. The van der Waals surface area contributed by atoms with Crippen molar-refractivity contribution in [1.82, 2.24) is 0 Å². The minimum absolute atomic E-state index is 0.00112. The van der Waals surface area contributed by atoms with Gasteiger partial charge in [-0.2, -0.15) is 0 Å². The number of para-hydroxylation sites is 1. The molecule has 4 aliphatic rings. The molecule has 0 amide bonds. The number of hydrogen-bond donors (Lipinski definition) is 0. The van der Waals surface area contributed by atoms with Crippen molar-refractivity contribution in [3.63, 3.8) is 0 Å². The molecule has 326 valence electrons. The summed E-state index contributed by atoms with van der Waals surface area (Å²) in [6.45, 7) is 20.9. The first-order valence-corrected chi connectivity index (χ1v) is 25.0. The number of fused-ring (bicyclic) bond motifs is 16.